The summed E-state index contributed by atoms with van der Waals surface area (Å²) in [5, 5.41) is 9.65. The fraction of sp³-hybridized carbons (Fsp3) is 0.429. The van der Waals surface area contributed by atoms with Crippen molar-refractivity contribution in [2.45, 2.75) is 89.5 Å². The maximum absolute atomic E-state index is 12.8. The molecule has 2 unspecified atom stereocenters. The van der Waals surface area contributed by atoms with E-state index in [9.17, 15) is 13.5 Å². The van der Waals surface area contributed by atoms with Crippen molar-refractivity contribution in [3.05, 3.63) is 125 Å². The van der Waals surface area contributed by atoms with Gasteiger partial charge in [-0.3, -0.25) is 4.90 Å². The highest BCUT2D eigenvalue weighted by molar-refractivity contribution is 7.89. The summed E-state index contributed by atoms with van der Waals surface area (Å²) in [7, 11) is -3.60. The molecule has 1 aliphatic carbocycles. The van der Waals surface area contributed by atoms with Gasteiger partial charge in [-0.2, -0.15) is 0 Å². The number of ether oxygens (including phenoxy) is 2. The quantitative estimate of drug-likeness (QED) is 0.175. The summed E-state index contributed by atoms with van der Waals surface area (Å²) in [6.45, 7) is 11.7. The zero-order chi connectivity index (χ0) is 35.1. The molecular weight excluding hydrogens is 645 g/mol. The molecular formula is C42H50N2O5S. The maximum atomic E-state index is 12.8. The zero-order valence-electron chi connectivity index (χ0n) is 29.6. The third-order valence-electron chi connectivity index (χ3n) is 11.0. The van der Waals surface area contributed by atoms with Crippen LogP contribution in [0.1, 0.15) is 81.6 Å². The van der Waals surface area contributed by atoms with Crippen LogP contribution in [0, 0.1) is 16.7 Å². The first kappa shape index (κ1) is 35.1. The predicted molar refractivity (Wildman–Crippen MR) is 196 cm³/mol. The van der Waals surface area contributed by atoms with E-state index in [2.05, 4.69) is 73.7 Å². The minimum atomic E-state index is -3.60. The first-order valence-corrected chi connectivity index (χ1v) is 19.4. The molecule has 7 nitrogen and oxygen atoms in total. The van der Waals surface area contributed by atoms with Crippen molar-refractivity contribution in [1.29, 1.82) is 0 Å². The Morgan fingerprint density at radius 1 is 0.820 bits per heavy atom. The number of sulfonamides is 1. The molecule has 2 aliphatic heterocycles. The van der Waals surface area contributed by atoms with Crippen LogP contribution < -0.4 is 4.72 Å². The Balaban J connectivity index is 1.09. The number of aliphatic hydroxyl groups is 1. The molecule has 2 heterocycles. The lowest BCUT2D eigenvalue weighted by Crippen LogP contribution is -2.46. The molecule has 0 radical (unpaired) electrons. The fourth-order valence-corrected chi connectivity index (χ4v) is 9.94. The Morgan fingerprint density at radius 2 is 1.54 bits per heavy atom. The second-order valence-electron chi connectivity index (χ2n) is 15.9. The minimum Gasteiger partial charge on any atom is -0.392 e. The monoisotopic (exact) mass is 694 g/mol. The van der Waals surface area contributed by atoms with Gasteiger partial charge in [0.05, 0.1) is 23.7 Å². The average Bonchev–Trinajstić information content (AvgIpc) is 3.35. The summed E-state index contributed by atoms with van der Waals surface area (Å²) in [6, 6.07) is 33.4. The highest BCUT2D eigenvalue weighted by Gasteiger charge is 2.51. The number of aliphatic hydroxyl groups excluding tert-OH is 1. The normalized spacial score (nSPS) is 28.1. The number of hydrogen-bond acceptors (Lipinski definition) is 6. The van der Waals surface area contributed by atoms with Crippen LogP contribution >= 0.6 is 0 Å². The van der Waals surface area contributed by atoms with E-state index in [1.165, 1.54) is 19.3 Å². The summed E-state index contributed by atoms with van der Waals surface area (Å²) in [5.41, 5.74) is 6.54. The fourth-order valence-electron chi connectivity index (χ4n) is 8.90. The lowest BCUT2D eigenvalue weighted by Gasteiger charge is -2.43. The van der Waals surface area contributed by atoms with Crippen molar-refractivity contribution in [1.82, 2.24) is 9.62 Å². The molecule has 3 aliphatic rings. The van der Waals surface area contributed by atoms with Crippen LogP contribution in [0.15, 0.2) is 108 Å². The molecule has 2 N–H and O–H groups in total. The van der Waals surface area contributed by atoms with E-state index in [0.717, 1.165) is 46.5 Å². The standard InChI is InChI=1S/C42H50N2O5S/c1-29-38(25-44-28-42(4)23-36(44)22-41(2,3)27-42)48-40(49-39(29)33-15-13-30(26-45)14-16-33)34-19-17-32(18-20-34)35-10-8-9-31(21-35)24-43-50(46,47)37-11-6-5-7-12-37/h5-21,29,36,38-40,43,45H,22-28H2,1-4H3/t29-,36?,38+,39+,40+,42?/m1/s1. The molecule has 4 aromatic rings. The Bertz CT molecular complexity index is 1880. The first-order chi connectivity index (χ1) is 23.9. The largest absolute Gasteiger partial charge is 0.392 e. The number of rotatable bonds is 10. The summed E-state index contributed by atoms with van der Waals surface area (Å²) < 4.78 is 41.9. The summed E-state index contributed by atoms with van der Waals surface area (Å²) in [5.74, 6) is 0.133. The second-order valence-corrected chi connectivity index (χ2v) is 17.7. The molecule has 2 bridgehead atoms. The van der Waals surface area contributed by atoms with Crippen molar-refractivity contribution in [3.8, 4) is 11.1 Å². The topological polar surface area (TPSA) is 88.1 Å². The van der Waals surface area contributed by atoms with Gasteiger partial charge in [-0.05, 0) is 76.1 Å². The van der Waals surface area contributed by atoms with E-state index >= 15 is 0 Å². The van der Waals surface area contributed by atoms with Crippen LogP contribution in [-0.4, -0.2) is 43.7 Å². The third kappa shape index (κ3) is 7.61. The molecule has 50 heavy (non-hydrogen) atoms. The summed E-state index contributed by atoms with van der Waals surface area (Å²) >= 11 is 0. The van der Waals surface area contributed by atoms with E-state index in [0.29, 0.717) is 16.9 Å². The lowest BCUT2D eigenvalue weighted by molar-refractivity contribution is -0.276. The van der Waals surface area contributed by atoms with Gasteiger partial charge in [0.25, 0.3) is 0 Å². The second kappa shape index (κ2) is 14.0. The van der Waals surface area contributed by atoms with Gasteiger partial charge in [0, 0.05) is 37.2 Å². The molecule has 0 amide bonds. The number of benzene rings is 4. The van der Waals surface area contributed by atoms with Gasteiger partial charge < -0.3 is 14.6 Å². The van der Waals surface area contributed by atoms with Crippen LogP contribution in [0.2, 0.25) is 0 Å². The van der Waals surface area contributed by atoms with Crippen molar-refractivity contribution in [2.75, 3.05) is 13.1 Å². The van der Waals surface area contributed by atoms with Gasteiger partial charge in [-0.1, -0.05) is 113 Å². The predicted octanol–water partition coefficient (Wildman–Crippen LogP) is 8.02. The molecule has 0 spiro atoms. The lowest BCUT2D eigenvalue weighted by atomic mass is 9.65. The summed E-state index contributed by atoms with van der Waals surface area (Å²) in [4.78, 5) is 2.95. The highest BCUT2D eigenvalue weighted by atomic mass is 32.2. The van der Waals surface area contributed by atoms with Crippen LogP contribution in [-0.2, 0) is 32.6 Å². The Hall–Kier alpha value is -3.37. The molecule has 264 valence electrons. The van der Waals surface area contributed by atoms with E-state index < -0.39 is 16.3 Å². The zero-order valence-corrected chi connectivity index (χ0v) is 30.4. The van der Waals surface area contributed by atoms with Gasteiger partial charge >= 0.3 is 0 Å². The van der Waals surface area contributed by atoms with Crippen molar-refractivity contribution < 1.29 is 23.0 Å². The number of nitrogens with one attached hydrogen (secondary N) is 1. The molecule has 1 saturated carbocycles. The molecule has 2 saturated heterocycles. The average molecular weight is 695 g/mol. The Morgan fingerprint density at radius 3 is 2.26 bits per heavy atom. The van der Waals surface area contributed by atoms with Gasteiger partial charge in [-0.25, -0.2) is 13.1 Å². The van der Waals surface area contributed by atoms with Crippen LogP contribution in [0.3, 0.4) is 0 Å². The van der Waals surface area contributed by atoms with E-state index in [4.69, 9.17) is 9.47 Å². The van der Waals surface area contributed by atoms with Gasteiger partial charge in [-0.15, -0.1) is 0 Å². The van der Waals surface area contributed by atoms with Crippen molar-refractivity contribution in [3.63, 3.8) is 0 Å². The molecule has 4 aromatic carbocycles. The van der Waals surface area contributed by atoms with E-state index in [-0.39, 0.29) is 36.2 Å². The minimum absolute atomic E-state index is 0.0136. The number of fused-ring (bicyclic) bond motifs is 2. The SMILES string of the molecule is C[C@@H]1[C@H](CN2CC3(C)CC2CC(C)(C)C3)O[C@H](c2ccc(-c3cccc(CNS(=O)(=O)c4ccccc4)c3)cc2)O[C@@H]1c1ccc(CO)cc1. The highest BCUT2D eigenvalue weighted by Crippen LogP contribution is 2.53. The maximum Gasteiger partial charge on any atom is 0.240 e. The first-order valence-electron chi connectivity index (χ1n) is 17.9. The molecule has 8 heteroatoms. The van der Waals surface area contributed by atoms with E-state index in [1.54, 1.807) is 30.3 Å². The van der Waals surface area contributed by atoms with E-state index in [1.807, 2.05) is 36.4 Å². The van der Waals surface area contributed by atoms with Gasteiger partial charge in [0.2, 0.25) is 10.0 Å². The van der Waals surface area contributed by atoms with Crippen molar-refractivity contribution in [2.24, 2.45) is 16.7 Å². The number of hydrogen-bond donors (Lipinski definition) is 2. The van der Waals surface area contributed by atoms with Crippen LogP contribution in [0.5, 0.6) is 0 Å². The van der Waals surface area contributed by atoms with Crippen LogP contribution in [0.4, 0.5) is 0 Å². The van der Waals surface area contributed by atoms with Crippen molar-refractivity contribution >= 4 is 10.0 Å². The molecule has 0 aromatic heterocycles. The Kier molecular flexibility index (Phi) is 9.80. The molecule has 7 rings (SSSR count). The third-order valence-corrected chi connectivity index (χ3v) is 12.4. The van der Waals surface area contributed by atoms with Gasteiger partial charge in [0.15, 0.2) is 6.29 Å². The number of likely N-dealkylation sites (tertiary alicyclic amines) is 1. The number of nitrogens with zero attached hydrogens (tertiary/aromatic N) is 1. The Labute approximate surface area is 297 Å². The van der Waals surface area contributed by atoms with Gasteiger partial charge in [0.1, 0.15) is 0 Å². The summed E-state index contributed by atoms with van der Waals surface area (Å²) in [6.07, 6.45) is 3.04. The molecule has 6 atom stereocenters. The smallest absolute Gasteiger partial charge is 0.240 e. The van der Waals surface area contributed by atoms with Crippen LogP contribution in [0.25, 0.3) is 11.1 Å². The molecule has 3 fully saturated rings.